The van der Waals surface area contributed by atoms with Gasteiger partial charge >= 0.3 is 11.9 Å². The molecular formula is C14H13NO4. The minimum absolute atomic E-state index is 0.170. The van der Waals surface area contributed by atoms with Crippen molar-refractivity contribution < 1.29 is 19.1 Å². The molecule has 1 fully saturated rings. The first-order valence-corrected chi connectivity index (χ1v) is 5.86. The highest BCUT2D eigenvalue weighted by Gasteiger charge is 2.43. The van der Waals surface area contributed by atoms with Crippen molar-refractivity contribution in [2.24, 2.45) is 5.92 Å². The van der Waals surface area contributed by atoms with E-state index < -0.39 is 23.6 Å². The van der Waals surface area contributed by atoms with E-state index in [0.717, 1.165) is 5.56 Å². The zero-order valence-corrected chi connectivity index (χ0v) is 10.7. The molecule has 19 heavy (non-hydrogen) atoms. The van der Waals surface area contributed by atoms with Gasteiger partial charge in [0.25, 0.3) is 5.79 Å². The van der Waals surface area contributed by atoms with E-state index in [1.807, 2.05) is 6.07 Å². The predicted molar refractivity (Wildman–Crippen MR) is 64.6 cm³/mol. The number of nitriles is 1. The maximum atomic E-state index is 11.8. The Kier molecular flexibility index (Phi) is 3.26. The van der Waals surface area contributed by atoms with Crippen LogP contribution in [0.25, 0.3) is 0 Å². The average molecular weight is 259 g/mol. The van der Waals surface area contributed by atoms with Crippen molar-refractivity contribution >= 4 is 11.9 Å². The largest absolute Gasteiger partial charge is 0.422 e. The summed E-state index contributed by atoms with van der Waals surface area (Å²) in [6.07, 6.45) is 0.170. The fourth-order valence-corrected chi connectivity index (χ4v) is 1.91. The van der Waals surface area contributed by atoms with Crippen LogP contribution in [0.1, 0.15) is 25.0 Å². The molecule has 0 spiro atoms. The van der Waals surface area contributed by atoms with Crippen LogP contribution in [0, 0.1) is 17.2 Å². The van der Waals surface area contributed by atoms with Gasteiger partial charge in [-0.25, -0.2) is 0 Å². The molecule has 0 bridgehead atoms. The number of ether oxygens (including phenoxy) is 2. The fraction of sp³-hybridized carbons (Fsp3) is 0.357. The van der Waals surface area contributed by atoms with E-state index in [-0.39, 0.29) is 6.42 Å². The normalized spacial score (nSPS) is 18.4. The van der Waals surface area contributed by atoms with Gasteiger partial charge in [-0.15, -0.1) is 0 Å². The third-order valence-corrected chi connectivity index (χ3v) is 2.76. The molecule has 0 unspecified atom stereocenters. The molecule has 0 atom stereocenters. The first-order valence-electron chi connectivity index (χ1n) is 5.86. The molecular weight excluding hydrogens is 246 g/mol. The summed E-state index contributed by atoms with van der Waals surface area (Å²) in [5.41, 5.74) is 1.20. The number of carbonyl (C=O) groups excluding carboxylic acids is 2. The Balaban J connectivity index is 2.17. The fourth-order valence-electron chi connectivity index (χ4n) is 1.91. The smallest absolute Gasteiger partial charge is 0.323 e. The first-order chi connectivity index (χ1) is 8.91. The Hall–Kier alpha value is -2.35. The Morgan fingerprint density at radius 1 is 1.26 bits per heavy atom. The zero-order chi connectivity index (χ0) is 14.0. The first kappa shape index (κ1) is 13.1. The van der Waals surface area contributed by atoms with E-state index in [1.165, 1.54) is 13.8 Å². The standard InChI is InChI=1S/C14H13NO4/c1-14(2)18-12(16)11(13(17)19-14)7-9-4-3-5-10(6-9)8-15/h3-6,11H,7H2,1-2H3. The van der Waals surface area contributed by atoms with Crippen LogP contribution in [0.3, 0.4) is 0 Å². The van der Waals surface area contributed by atoms with Gasteiger partial charge in [0.1, 0.15) is 0 Å². The number of benzene rings is 1. The summed E-state index contributed by atoms with van der Waals surface area (Å²) in [7, 11) is 0. The SMILES string of the molecule is CC1(C)OC(=O)C(Cc2cccc(C#N)c2)C(=O)O1. The topological polar surface area (TPSA) is 76.4 Å². The summed E-state index contributed by atoms with van der Waals surface area (Å²) < 4.78 is 10.1. The Bertz CT molecular complexity index is 551. The van der Waals surface area contributed by atoms with Crippen LogP contribution in [-0.4, -0.2) is 17.7 Å². The summed E-state index contributed by atoms with van der Waals surface area (Å²) in [4.78, 5) is 23.6. The van der Waals surface area contributed by atoms with Gasteiger partial charge in [-0.3, -0.25) is 9.59 Å². The molecule has 0 radical (unpaired) electrons. The molecule has 1 heterocycles. The summed E-state index contributed by atoms with van der Waals surface area (Å²) in [5, 5.41) is 8.81. The molecule has 1 saturated heterocycles. The lowest BCUT2D eigenvalue weighted by Gasteiger charge is -2.32. The Morgan fingerprint density at radius 2 is 1.89 bits per heavy atom. The molecule has 1 aliphatic rings. The third-order valence-electron chi connectivity index (χ3n) is 2.76. The molecule has 0 N–H and O–H groups in total. The lowest BCUT2D eigenvalue weighted by Crippen LogP contribution is -2.46. The van der Waals surface area contributed by atoms with Crippen LogP contribution in [0.15, 0.2) is 24.3 Å². The number of esters is 2. The van der Waals surface area contributed by atoms with Crippen molar-refractivity contribution in [3.63, 3.8) is 0 Å². The minimum Gasteiger partial charge on any atom is -0.422 e. The minimum atomic E-state index is -1.21. The predicted octanol–water partition coefficient (Wildman–Crippen LogP) is 1.55. The van der Waals surface area contributed by atoms with E-state index >= 15 is 0 Å². The second-order valence-electron chi connectivity index (χ2n) is 4.81. The lowest BCUT2D eigenvalue weighted by molar-refractivity contribution is -0.239. The van der Waals surface area contributed by atoms with Crippen LogP contribution in [-0.2, 0) is 25.5 Å². The molecule has 0 aromatic heterocycles. The van der Waals surface area contributed by atoms with Crippen molar-refractivity contribution in [2.75, 3.05) is 0 Å². The molecule has 98 valence electrons. The molecule has 2 rings (SSSR count). The maximum absolute atomic E-state index is 11.8. The van der Waals surface area contributed by atoms with Crippen molar-refractivity contribution in [3.05, 3.63) is 35.4 Å². The summed E-state index contributed by atoms with van der Waals surface area (Å²) in [6.45, 7) is 3.02. The van der Waals surface area contributed by atoms with Crippen molar-refractivity contribution in [1.82, 2.24) is 0 Å². The molecule has 1 aliphatic heterocycles. The number of hydrogen-bond donors (Lipinski definition) is 0. The third kappa shape index (κ3) is 2.91. The highest BCUT2D eigenvalue weighted by atomic mass is 16.7. The average Bonchev–Trinajstić information content (AvgIpc) is 2.33. The maximum Gasteiger partial charge on any atom is 0.323 e. The van der Waals surface area contributed by atoms with Gasteiger partial charge in [0, 0.05) is 13.8 Å². The number of carbonyl (C=O) groups is 2. The van der Waals surface area contributed by atoms with Gasteiger partial charge in [-0.2, -0.15) is 5.26 Å². The second kappa shape index (κ2) is 4.73. The molecule has 1 aromatic carbocycles. The van der Waals surface area contributed by atoms with Crippen molar-refractivity contribution in [1.29, 1.82) is 5.26 Å². The second-order valence-corrected chi connectivity index (χ2v) is 4.81. The van der Waals surface area contributed by atoms with Crippen LogP contribution in [0.2, 0.25) is 0 Å². The van der Waals surface area contributed by atoms with Gasteiger partial charge in [0.05, 0.1) is 11.6 Å². The van der Waals surface area contributed by atoms with E-state index in [0.29, 0.717) is 5.56 Å². The molecule has 5 nitrogen and oxygen atoms in total. The zero-order valence-electron chi connectivity index (χ0n) is 10.7. The van der Waals surface area contributed by atoms with Crippen LogP contribution in [0.4, 0.5) is 0 Å². The van der Waals surface area contributed by atoms with Gasteiger partial charge in [-0.05, 0) is 24.1 Å². The van der Waals surface area contributed by atoms with E-state index in [2.05, 4.69) is 0 Å². The van der Waals surface area contributed by atoms with Crippen molar-refractivity contribution in [3.8, 4) is 6.07 Å². The summed E-state index contributed by atoms with van der Waals surface area (Å²) >= 11 is 0. The van der Waals surface area contributed by atoms with Crippen LogP contribution < -0.4 is 0 Å². The molecule has 5 heteroatoms. The number of nitrogens with zero attached hydrogens (tertiary/aromatic N) is 1. The number of cyclic esters (lactones) is 2. The molecule has 0 aliphatic carbocycles. The molecule has 0 amide bonds. The summed E-state index contributed by atoms with van der Waals surface area (Å²) in [5.74, 6) is -3.37. The number of rotatable bonds is 2. The highest BCUT2D eigenvalue weighted by Crippen LogP contribution is 2.25. The van der Waals surface area contributed by atoms with E-state index in [9.17, 15) is 9.59 Å². The highest BCUT2D eigenvalue weighted by molar-refractivity contribution is 5.96. The van der Waals surface area contributed by atoms with Crippen LogP contribution >= 0.6 is 0 Å². The monoisotopic (exact) mass is 259 g/mol. The van der Waals surface area contributed by atoms with Crippen molar-refractivity contribution in [2.45, 2.75) is 26.1 Å². The molecule has 1 aromatic rings. The summed E-state index contributed by atoms with van der Waals surface area (Å²) in [6, 6.07) is 8.76. The van der Waals surface area contributed by atoms with Gasteiger partial charge < -0.3 is 9.47 Å². The molecule has 0 saturated carbocycles. The van der Waals surface area contributed by atoms with E-state index in [1.54, 1.807) is 24.3 Å². The van der Waals surface area contributed by atoms with Crippen LogP contribution in [0.5, 0.6) is 0 Å². The quantitative estimate of drug-likeness (QED) is 0.595. The van der Waals surface area contributed by atoms with Gasteiger partial charge in [0.15, 0.2) is 5.92 Å². The van der Waals surface area contributed by atoms with E-state index in [4.69, 9.17) is 14.7 Å². The lowest BCUT2D eigenvalue weighted by atomic mass is 9.97. The van der Waals surface area contributed by atoms with Gasteiger partial charge in [0.2, 0.25) is 0 Å². The Labute approximate surface area is 110 Å². The number of hydrogen-bond acceptors (Lipinski definition) is 5. The Morgan fingerprint density at radius 3 is 2.47 bits per heavy atom. The van der Waals surface area contributed by atoms with Gasteiger partial charge in [-0.1, -0.05) is 12.1 Å².